The molecule has 0 bridgehead atoms. The monoisotopic (exact) mass is 433 g/mol. The molecule has 2 fully saturated rings. The summed E-state index contributed by atoms with van der Waals surface area (Å²) in [7, 11) is 0. The van der Waals surface area contributed by atoms with E-state index in [0.717, 1.165) is 49.9 Å². The van der Waals surface area contributed by atoms with Crippen LogP contribution >= 0.6 is 11.3 Å². The second-order valence-electron chi connectivity index (χ2n) is 8.82. The number of aliphatic hydroxyl groups is 1. The van der Waals surface area contributed by atoms with Gasteiger partial charge in [0.1, 0.15) is 4.88 Å². The molecule has 6 heteroatoms. The maximum atomic E-state index is 12.4. The van der Waals surface area contributed by atoms with Crippen LogP contribution in [-0.2, 0) is 4.79 Å². The van der Waals surface area contributed by atoms with E-state index in [1.807, 2.05) is 13.8 Å². The van der Waals surface area contributed by atoms with E-state index in [1.54, 1.807) is 6.07 Å². The number of carboxylic acid groups (broad SMARTS) is 1. The third-order valence-electron chi connectivity index (χ3n) is 5.63. The molecule has 0 radical (unpaired) electrons. The zero-order valence-electron chi connectivity index (χ0n) is 18.4. The number of aromatic carboxylic acids is 1. The summed E-state index contributed by atoms with van der Waals surface area (Å²) in [6.07, 6.45) is 9.78. The van der Waals surface area contributed by atoms with Gasteiger partial charge < -0.3 is 15.5 Å². The van der Waals surface area contributed by atoms with Gasteiger partial charge in [-0.05, 0) is 50.5 Å². The van der Waals surface area contributed by atoms with Crippen LogP contribution in [-0.4, -0.2) is 28.2 Å². The van der Waals surface area contributed by atoms with Crippen LogP contribution in [0.4, 0.5) is 5.69 Å². The number of hydrogen-bond acceptors (Lipinski definition) is 4. The summed E-state index contributed by atoms with van der Waals surface area (Å²) in [6.45, 7) is 6.16. The highest BCUT2D eigenvalue weighted by Crippen LogP contribution is 2.31. The smallest absolute Gasteiger partial charge is 0.348 e. The van der Waals surface area contributed by atoms with Crippen molar-refractivity contribution in [3.8, 4) is 11.8 Å². The standard InChI is InChI=1S/C18H23NO3S.C6H12O/c1-11(2)4-9-14-10-15(16(23-14)18(21)22)19-17(20)13-7-5-12(3)6-8-13;7-6-4-2-1-3-5-6/h10-13H,5-8H2,1-3H3,(H,19,20)(H,21,22);6-7H,1-5H2. The fraction of sp³-hybridized carbons (Fsp3) is 0.667. The second-order valence-corrected chi connectivity index (χ2v) is 9.87. The number of thiophene rings is 1. The van der Waals surface area contributed by atoms with Crippen molar-refractivity contribution in [3.05, 3.63) is 15.8 Å². The molecule has 30 heavy (non-hydrogen) atoms. The van der Waals surface area contributed by atoms with E-state index in [0.29, 0.717) is 16.5 Å². The minimum absolute atomic E-state index is 0.0158. The number of hydrogen-bond donors (Lipinski definition) is 3. The SMILES string of the molecule is CC(C)C#Cc1cc(NC(=O)C2CCC(C)CC2)c(C(=O)O)s1.OC1CCCCC1. The maximum absolute atomic E-state index is 12.4. The van der Waals surface area contributed by atoms with E-state index in [1.165, 1.54) is 19.3 Å². The van der Waals surface area contributed by atoms with Crippen molar-refractivity contribution >= 4 is 28.9 Å². The van der Waals surface area contributed by atoms with Gasteiger partial charge in [0, 0.05) is 11.8 Å². The van der Waals surface area contributed by atoms with Crippen LogP contribution < -0.4 is 5.32 Å². The summed E-state index contributed by atoms with van der Waals surface area (Å²) in [4.78, 5) is 24.6. The van der Waals surface area contributed by atoms with E-state index in [-0.39, 0.29) is 28.7 Å². The van der Waals surface area contributed by atoms with Gasteiger partial charge in [0.15, 0.2) is 0 Å². The van der Waals surface area contributed by atoms with Crippen molar-refractivity contribution in [2.75, 3.05) is 5.32 Å². The number of amides is 1. The Morgan fingerprint density at radius 3 is 2.23 bits per heavy atom. The number of rotatable bonds is 3. The molecular formula is C24H35NO4S. The molecule has 1 aromatic rings. The quantitative estimate of drug-likeness (QED) is 0.547. The molecule has 1 aromatic heterocycles. The van der Waals surface area contributed by atoms with Crippen molar-refractivity contribution in [2.24, 2.45) is 17.8 Å². The summed E-state index contributed by atoms with van der Waals surface area (Å²) in [5, 5.41) is 21.0. The topological polar surface area (TPSA) is 86.6 Å². The first-order chi connectivity index (χ1) is 14.3. The van der Waals surface area contributed by atoms with Crippen molar-refractivity contribution in [3.63, 3.8) is 0 Å². The van der Waals surface area contributed by atoms with Crippen molar-refractivity contribution < 1.29 is 19.8 Å². The third kappa shape index (κ3) is 8.12. The van der Waals surface area contributed by atoms with Crippen molar-refractivity contribution in [2.45, 2.75) is 84.7 Å². The first-order valence-corrected chi connectivity index (χ1v) is 12.0. The number of anilines is 1. The van der Waals surface area contributed by atoms with Gasteiger partial charge in [-0.3, -0.25) is 4.79 Å². The van der Waals surface area contributed by atoms with Gasteiger partial charge in [0.05, 0.1) is 16.7 Å². The molecule has 3 rings (SSSR count). The Bertz CT molecular complexity index is 760. The Labute approximate surface area is 184 Å². The zero-order chi connectivity index (χ0) is 22.1. The molecule has 0 aromatic carbocycles. The molecule has 2 aliphatic rings. The summed E-state index contributed by atoms with van der Waals surface area (Å²) < 4.78 is 0. The zero-order valence-corrected chi connectivity index (χ0v) is 19.2. The predicted octanol–water partition coefficient (Wildman–Crippen LogP) is 5.53. The van der Waals surface area contributed by atoms with Gasteiger partial charge in [-0.15, -0.1) is 11.3 Å². The molecule has 2 aliphatic carbocycles. The van der Waals surface area contributed by atoms with E-state index in [9.17, 15) is 14.7 Å². The number of carbonyl (C=O) groups excluding carboxylic acids is 1. The average Bonchev–Trinajstić information content (AvgIpc) is 3.11. The lowest BCUT2D eigenvalue weighted by Gasteiger charge is -2.25. The Morgan fingerprint density at radius 2 is 1.73 bits per heavy atom. The number of carbonyl (C=O) groups is 2. The van der Waals surface area contributed by atoms with Crippen LogP contribution in [0, 0.1) is 29.6 Å². The van der Waals surface area contributed by atoms with Gasteiger partial charge in [-0.25, -0.2) is 4.79 Å². The molecule has 0 spiro atoms. The van der Waals surface area contributed by atoms with Gasteiger partial charge in [-0.1, -0.05) is 51.9 Å². The summed E-state index contributed by atoms with van der Waals surface area (Å²) in [5.74, 6) is 5.77. The highest BCUT2D eigenvalue weighted by atomic mass is 32.1. The van der Waals surface area contributed by atoms with Gasteiger partial charge >= 0.3 is 5.97 Å². The number of carboxylic acids is 1. The van der Waals surface area contributed by atoms with Crippen LogP contribution in [0.15, 0.2) is 6.07 Å². The normalized spacial score (nSPS) is 21.8. The lowest BCUT2D eigenvalue weighted by Crippen LogP contribution is -2.27. The highest BCUT2D eigenvalue weighted by Gasteiger charge is 2.26. The molecule has 0 aliphatic heterocycles. The minimum Gasteiger partial charge on any atom is -0.477 e. The van der Waals surface area contributed by atoms with Crippen molar-refractivity contribution in [1.29, 1.82) is 0 Å². The van der Waals surface area contributed by atoms with Crippen molar-refractivity contribution in [1.82, 2.24) is 0 Å². The van der Waals surface area contributed by atoms with Gasteiger partial charge in [0.2, 0.25) is 5.91 Å². The Hall–Kier alpha value is -1.84. The molecular weight excluding hydrogens is 398 g/mol. The molecule has 3 N–H and O–H groups in total. The number of nitrogens with one attached hydrogen (secondary N) is 1. The summed E-state index contributed by atoms with van der Waals surface area (Å²) >= 11 is 1.11. The van der Waals surface area contributed by atoms with E-state index in [4.69, 9.17) is 5.11 Å². The fourth-order valence-corrected chi connectivity index (χ4v) is 4.57. The lowest BCUT2D eigenvalue weighted by atomic mass is 9.82. The minimum atomic E-state index is -1.03. The first kappa shape index (κ1) is 24.4. The van der Waals surface area contributed by atoms with Crippen LogP contribution in [0.1, 0.15) is 93.1 Å². The van der Waals surface area contributed by atoms with E-state index in [2.05, 4.69) is 24.1 Å². The van der Waals surface area contributed by atoms with Crippen LogP contribution in [0.2, 0.25) is 0 Å². The first-order valence-electron chi connectivity index (χ1n) is 11.1. The van der Waals surface area contributed by atoms with Crippen LogP contribution in [0.5, 0.6) is 0 Å². The van der Waals surface area contributed by atoms with Crippen LogP contribution in [0.3, 0.4) is 0 Å². The Kier molecular flexibility index (Phi) is 9.87. The molecule has 166 valence electrons. The molecule has 1 amide bonds. The van der Waals surface area contributed by atoms with E-state index < -0.39 is 5.97 Å². The summed E-state index contributed by atoms with van der Waals surface area (Å²) in [6, 6.07) is 1.67. The Balaban J connectivity index is 0.000000386. The predicted molar refractivity (Wildman–Crippen MR) is 122 cm³/mol. The maximum Gasteiger partial charge on any atom is 0.348 e. The highest BCUT2D eigenvalue weighted by molar-refractivity contribution is 7.15. The molecule has 2 saturated carbocycles. The molecule has 1 heterocycles. The number of aliphatic hydroxyl groups excluding tert-OH is 1. The van der Waals surface area contributed by atoms with Gasteiger partial charge in [0.25, 0.3) is 0 Å². The molecule has 5 nitrogen and oxygen atoms in total. The van der Waals surface area contributed by atoms with Crippen LogP contribution in [0.25, 0.3) is 0 Å². The summed E-state index contributed by atoms with van der Waals surface area (Å²) in [5.41, 5.74) is 0.374. The largest absolute Gasteiger partial charge is 0.477 e. The second kappa shape index (κ2) is 12.1. The lowest BCUT2D eigenvalue weighted by molar-refractivity contribution is -0.121. The molecule has 0 unspecified atom stereocenters. The third-order valence-corrected chi connectivity index (χ3v) is 6.67. The van der Waals surface area contributed by atoms with E-state index >= 15 is 0 Å². The average molecular weight is 434 g/mol. The Morgan fingerprint density at radius 1 is 1.10 bits per heavy atom. The molecule has 0 saturated heterocycles. The van der Waals surface area contributed by atoms with Gasteiger partial charge in [-0.2, -0.15) is 0 Å². The molecule has 0 atom stereocenters. The fourth-order valence-electron chi connectivity index (χ4n) is 3.76.